The van der Waals surface area contributed by atoms with Crippen LogP contribution in [0.5, 0.6) is 11.5 Å². The molecule has 4 rings (SSSR count). The zero-order valence-electron chi connectivity index (χ0n) is 15.7. The molecule has 1 aromatic carbocycles. The molecule has 2 aliphatic heterocycles. The average molecular weight is 433 g/mol. The Morgan fingerprint density at radius 2 is 2.10 bits per heavy atom. The summed E-state index contributed by atoms with van der Waals surface area (Å²) < 4.78 is 16.4. The van der Waals surface area contributed by atoms with E-state index in [9.17, 15) is 9.59 Å². The van der Waals surface area contributed by atoms with Gasteiger partial charge < -0.3 is 24.8 Å². The molecule has 2 amide bonds. The molecule has 2 N–H and O–H groups in total. The second-order valence-corrected chi connectivity index (χ2v) is 8.28. The van der Waals surface area contributed by atoms with Crippen LogP contribution < -0.4 is 20.1 Å². The number of ether oxygens (including phenoxy) is 3. The summed E-state index contributed by atoms with van der Waals surface area (Å²) in [5.41, 5.74) is 0.976. The van der Waals surface area contributed by atoms with Gasteiger partial charge in [-0.2, -0.15) is 0 Å². The fraction of sp³-hybridized carbons (Fsp3) is 0.300. The van der Waals surface area contributed by atoms with E-state index in [0.29, 0.717) is 36.0 Å². The first kappa shape index (κ1) is 19.7. The number of hydrogen-bond acceptors (Lipinski definition) is 7. The van der Waals surface area contributed by atoms with Crippen LogP contribution in [0.2, 0.25) is 0 Å². The quantitative estimate of drug-likeness (QED) is 0.537. The van der Waals surface area contributed by atoms with Gasteiger partial charge in [-0.3, -0.25) is 0 Å². The number of fused-ring (bicyclic) bond motifs is 1. The van der Waals surface area contributed by atoms with Crippen LogP contribution in [0.3, 0.4) is 0 Å². The maximum atomic E-state index is 12.7. The second-order valence-electron chi connectivity index (χ2n) is 6.25. The van der Waals surface area contributed by atoms with E-state index in [0.717, 1.165) is 15.5 Å². The maximum absolute atomic E-state index is 12.7. The molecule has 7 nitrogen and oxygen atoms in total. The molecule has 3 heterocycles. The van der Waals surface area contributed by atoms with Gasteiger partial charge >= 0.3 is 12.0 Å². The van der Waals surface area contributed by atoms with Crippen molar-refractivity contribution in [1.82, 2.24) is 10.6 Å². The van der Waals surface area contributed by atoms with Crippen molar-refractivity contribution >= 4 is 35.1 Å². The molecule has 9 heteroatoms. The van der Waals surface area contributed by atoms with Crippen LogP contribution in [0.15, 0.2) is 51.9 Å². The number of amides is 2. The highest BCUT2D eigenvalue weighted by molar-refractivity contribution is 7.99. The standard InChI is InChI=1S/C20H20N2O5S2/c1-2-25-19(23)17-13(21-20(24)22-18(17)16-4-3-9-28-16)11-29-12-5-6-14-15(10-12)27-8-7-26-14/h3-6,9-10,18H,2,7-8,11H2,1H3,(H2,21,22,24)/t18-/m1/s1. The van der Waals surface area contributed by atoms with Gasteiger partial charge in [0.25, 0.3) is 0 Å². The van der Waals surface area contributed by atoms with Gasteiger partial charge in [-0.05, 0) is 36.6 Å². The summed E-state index contributed by atoms with van der Waals surface area (Å²) in [7, 11) is 0. The molecule has 1 atom stereocenters. The number of urea groups is 1. The van der Waals surface area contributed by atoms with Gasteiger partial charge in [0, 0.05) is 21.2 Å². The molecule has 1 aromatic heterocycles. The van der Waals surface area contributed by atoms with Crippen molar-refractivity contribution in [3.05, 3.63) is 51.9 Å². The third-order valence-electron chi connectivity index (χ3n) is 4.37. The van der Waals surface area contributed by atoms with Gasteiger partial charge in [-0.1, -0.05) is 6.07 Å². The first-order chi connectivity index (χ1) is 14.2. The van der Waals surface area contributed by atoms with E-state index >= 15 is 0 Å². The molecule has 152 valence electrons. The number of benzene rings is 1. The molecule has 0 unspecified atom stereocenters. The number of carbonyl (C=O) groups excluding carboxylic acids is 2. The molecule has 0 radical (unpaired) electrons. The van der Waals surface area contributed by atoms with Gasteiger partial charge in [0.2, 0.25) is 0 Å². The smallest absolute Gasteiger partial charge is 0.338 e. The Bertz CT molecular complexity index is 942. The van der Waals surface area contributed by atoms with Crippen LogP contribution in [-0.2, 0) is 9.53 Å². The van der Waals surface area contributed by atoms with Crippen molar-refractivity contribution in [2.24, 2.45) is 0 Å². The minimum absolute atomic E-state index is 0.260. The predicted octanol–water partition coefficient (Wildman–Crippen LogP) is 3.48. The minimum Gasteiger partial charge on any atom is -0.486 e. The first-order valence-corrected chi connectivity index (χ1v) is 11.1. The molecule has 0 fully saturated rings. The number of esters is 1. The first-order valence-electron chi connectivity index (χ1n) is 9.19. The molecular weight excluding hydrogens is 412 g/mol. The van der Waals surface area contributed by atoms with Crippen molar-refractivity contribution in [1.29, 1.82) is 0 Å². The lowest BCUT2D eigenvalue weighted by molar-refractivity contribution is -0.139. The normalized spacial score (nSPS) is 18.1. The predicted molar refractivity (Wildman–Crippen MR) is 111 cm³/mol. The molecule has 0 aliphatic carbocycles. The van der Waals surface area contributed by atoms with Crippen LogP contribution in [0, 0.1) is 0 Å². The van der Waals surface area contributed by atoms with Gasteiger partial charge in [-0.25, -0.2) is 9.59 Å². The van der Waals surface area contributed by atoms with Crippen LogP contribution >= 0.6 is 23.1 Å². The van der Waals surface area contributed by atoms with Gasteiger partial charge in [-0.15, -0.1) is 23.1 Å². The van der Waals surface area contributed by atoms with Gasteiger partial charge in [0.1, 0.15) is 13.2 Å². The van der Waals surface area contributed by atoms with E-state index in [2.05, 4.69) is 10.6 Å². The van der Waals surface area contributed by atoms with Crippen LogP contribution in [0.1, 0.15) is 17.8 Å². The largest absolute Gasteiger partial charge is 0.486 e. The lowest BCUT2D eigenvalue weighted by Gasteiger charge is -2.28. The van der Waals surface area contributed by atoms with E-state index in [1.165, 1.54) is 23.1 Å². The summed E-state index contributed by atoms with van der Waals surface area (Å²) >= 11 is 2.98. The topological polar surface area (TPSA) is 85.9 Å². The summed E-state index contributed by atoms with van der Waals surface area (Å²) in [6.07, 6.45) is 0. The van der Waals surface area contributed by atoms with Gasteiger partial charge in [0.15, 0.2) is 11.5 Å². The highest BCUT2D eigenvalue weighted by Crippen LogP contribution is 2.36. The molecule has 0 saturated carbocycles. The van der Waals surface area contributed by atoms with E-state index in [4.69, 9.17) is 14.2 Å². The van der Waals surface area contributed by atoms with Crippen molar-refractivity contribution in [3.8, 4) is 11.5 Å². The van der Waals surface area contributed by atoms with Crippen LogP contribution in [0.4, 0.5) is 4.79 Å². The Labute approximate surface area is 176 Å². The Balaban J connectivity index is 1.61. The van der Waals surface area contributed by atoms with E-state index in [1.54, 1.807) is 6.92 Å². The third kappa shape index (κ3) is 4.35. The lowest BCUT2D eigenvalue weighted by atomic mass is 10.0. The SMILES string of the molecule is CCOC(=O)C1=C(CSc2ccc3c(c2)OCCO3)NC(=O)N[C@@H]1c1cccs1. The molecule has 2 aromatic rings. The molecule has 0 bridgehead atoms. The fourth-order valence-corrected chi connectivity index (χ4v) is 4.80. The molecule has 29 heavy (non-hydrogen) atoms. The number of thiophene rings is 1. The number of hydrogen-bond donors (Lipinski definition) is 2. The average Bonchev–Trinajstić information content (AvgIpc) is 3.26. The highest BCUT2D eigenvalue weighted by Gasteiger charge is 2.34. The Morgan fingerprint density at radius 1 is 1.28 bits per heavy atom. The zero-order chi connectivity index (χ0) is 20.2. The lowest BCUT2D eigenvalue weighted by Crippen LogP contribution is -2.46. The molecule has 0 saturated heterocycles. The number of rotatable bonds is 6. The van der Waals surface area contributed by atoms with Gasteiger partial charge in [0.05, 0.1) is 18.2 Å². The molecule has 2 aliphatic rings. The summed E-state index contributed by atoms with van der Waals surface area (Å²) in [5.74, 6) is 1.39. The van der Waals surface area contributed by atoms with Crippen molar-refractivity contribution in [2.75, 3.05) is 25.6 Å². The summed E-state index contributed by atoms with van der Waals surface area (Å²) in [4.78, 5) is 26.8. The number of carbonyl (C=O) groups is 2. The van der Waals surface area contributed by atoms with Crippen molar-refractivity contribution < 1.29 is 23.8 Å². The fourth-order valence-electron chi connectivity index (χ4n) is 3.12. The van der Waals surface area contributed by atoms with E-state index < -0.39 is 12.0 Å². The minimum atomic E-state index is -0.529. The monoisotopic (exact) mass is 432 g/mol. The van der Waals surface area contributed by atoms with Crippen molar-refractivity contribution in [2.45, 2.75) is 17.9 Å². The molecular formula is C20H20N2O5S2. The Morgan fingerprint density at radius 3 is 2.86 bits per heavy atom. The summed E-state index contributed by atoms with van der Waals surface area (Å²) in [6, 6.07) is 8.62. The number of thioether (sulfide) groups is 1. The Hall–Kier alpha value is -2.65. The third-order valence-corrected chi connectivity index (χ3v) is 6.33. The molecule has 0 spiro atoms. The summed E-state index contributed by atoms with van der Waals surface area (Å²) in [5, 5.41) is 7.53. The Kier molecular flexibility index (Phi) is 5.96. The second kappa shape index (κ2) is 8.79. The van der Waals surface area contributed by atoms with Crippen LogP contribution in [0.25, 0.3) is 0 Å². The number of nitrogens with one attached hydrogen (secondary N) is 2. The van der Waals surface area contributed by atoms with Crippen LogP contribution in [-0.4, -0.2) is 37.6 Å². The van der Waals surface area contributed by atoms with Crippen molar-refractivity contribution in [3.63, 3.8) is 0 Å². The summed E-state index contributed by atoms with van der Waals surface area (Å²) in [6.45, 7) is 3.08. The van der Waals surface area contributed by atoms with E-state index in [1.807, 2.05) is 35.7 Å². The van der Waals surface area contributed by atoms with E-state index in [-0.39, 0.29) is 12.6 Å². The highest BCUT2D eigenvalue weighted by atomic mass is 32.2. The maximum Gasteiger partial charge on any atom is 0.338 e. The zero-order valence-corrected chi connectivity index (χ0v) is 17.4.